The molecule has 1 aliphatic heterocycles. The zero-order valence-corrected chi connectivity index (χ0v) is 18.6. The van der Waals surface area contributed by atoms with Crippen LogP contribution < -0.4 is 10.6 Å². The van der Waals surface area contributed by atoms with E-state index in [1.165, 1.54) is 0 Å². The Bertz CT molecular complexity index is 1510. The van der Waals surface area contributed by atoms with Crippen molar-refractivity contribution >= 4 is 40.1 Å². The SMILES string of the molecule is O=C1NCC(c2cc([C@H]3C[C@@H]3c3ccc4c(Cl)nn(CC(F)(F)F)c4c3)c3nccn3n2)C(=O)N1. The van der Waals surface area contributed by atoms with Crippen molar-refractivity contribution in [2.75, 3.05) is 6.54 Å². The Morgan fingerprint density at radius 3 is 2.74 bits per heavy atom. The molecule has 3 atom stereocenters. The second-order valence-corrected chi connectivity index (χ2v) is 9.12. The molecule has 1 saturated carbocycles. The number of alkyl halides is 3. The van der Waals surface area contributed by atoms with Crippen LogP contribution in [0.1, 0.15) is 41.0 Å². The summed E-state index contributed by atoms with van der Waals surface area (Å²) < 4.78 is 41.5. The van der Waals surface area contributed by atoms with Gasteiger partial charge in [-0.3, -0.25) is 14.8 Å². The number of rotatable bonds is 4. The summed E-state index contributed by atoms with van der Waals surface area (Å²) in [5.41, 5.74) is 3.23. The molecule has 35 heavy (non-hydrogen) atoms. The highest BCUT2D eigenvalue weighted by atomic mass is 35.5. The summed E-state index contributed by atoms with van der Waals surface area (Å²) in [5, 5.41) is 13.7. The fourth-order valence-electron chi connectivity index (χ4n) is 4.75. The van der Waals surface area contributed by atoms with Crippen LogP contribution in [-0.4, -0.2) is 49.0 Å². The minimum atomic E-state index is -4.43. The number of halogens is 4. The number of carbonyl (C=O) groups excluding carboxylic acids is 2. The number of imide groups is 1. The smallest absolute Gasteiger partial charge is 0.337 e. The second kappa shape index (κ2) is 7.67. The molecular formula is C22H17ClF3N7O2. The van der Waals surface area contributed by atoms with Gasteiger partial charge in [0, 0.05) is 29.9 Å². The Kier molecular flexibility index (Phi) is 4.78. The maximum absolute atomic E-state index is 13.0. The van der Waals surface area contributed by atoms with Crippen LogP contribution in [0, 0.1) is 0 Å². The monoisotopic (exact) mass is 503 g/mol. The average molecular weight is 504 g/mol. The number of imidazole rings is 1. The van der Waals surface area contributed by atoms with Crippen LogP contribution in [0.3, 0.4) is 0 Å². The summed E-state index contributed by atoms with van der Waals surface area (Å²) in [5.74, 6) is -0.997. The van der Waals surface area contributed by atoms with Gasteiger partial charge in [0.1, 0.15) is 6.54 Å². The quantitative estimate of drug-likeness (QED) is 0.443. The normalized spacial score (nSPS) is 22.5. The summed E-state index contributed by atoms with van der Waals surface area (Å²) in [4.78, 5) is 28.2. The molecule has 3 amide bonds. The van der Waals surface area contributed by atoms with Gasteiger partial charge in [0.15, 0.2) is 10.8 Å². The van der Waals surface area contributed by atoms with Crippen molar-refractivity contribution in [2.45, 2.75) is 36.9 Å². The van der Waals surface area contributed by atoms with Crippen molar-refractivity contribution in [3.05, 3.63) is 58.6 Å². The molecule has 2 N–H and O–H groups in total. The van der Waals surface area contributed by atoms with Gasteiger partial charge in [-0.05, 0) is 42.0 Å². The number of benzene rings is 1. The number of nitrogens with one attached hydrogen (secondary N) is 2. The lowest BCUT2D eigenvalue weighted by Crippen LogP contribution is -2.51. The molecule has 2 aliphatic rings. The topological polar surface area (TPSA) is 106 Å². The molecule has 3 aromatic heterocycles. The fourth-order valence-corrected chi connectivity index (χ4v) is 5.00. The Balaban J connectivity index is 1.35. The summed E-state index contributed by atoms with van der Waals surface area (Å²) in [6.07, 6.45) is -0.376. The van der Waals surface area contributed by atoms with Gasteiger partial charge in [0.05, 0.1) is 17.1 Å². The molecule has 1 unspecified atom stereocenters. The first kappa shape index (κ1) is 21.8. The van der Waals surface area contributed by atoms with Gasteiger partial charge in [-0.1, -0.05) is 17.7 Å². The highest BCUT2D eigenvalue weighted by Gasteiger charge is 2.42. The Hall–Kier alpha value is -3.67. The molecule has 9 nitrogen and oxygen atoms in total. The van der Waals surface area contributed by atoms with Gasteiger partial charge in [0.25, 0.3) is 0 Å². The molecule has 0 bridgehead atoms. The summed E-state index contributed by atoms with van der Waals surface area (Å²) in [7, 11) is 0. The third kappa shape index (κ3) is 3.87. The summed E-state index contributed by atoms with van der Waals surface area (Å²) in [6, 6.07) is 6.54. The standard InChI is InChI=1S/C22H17ClF3N7O2/c23-18-11-2-1-10(5-17(11)33(31-18)9-22(24,25)26)12-6-13(12)14-7-16(30-32-4-3-27-19(14)32)15-8-28-21(35)29-20(15)34/h1-5,7,12-13,15H,6,8-9H2,(H2,28,29,34,35)/t12-,13+,15?/m1/s1. The number of carbonyl (C=O) groups is 2. The first-order valence-electron chi connectivity index (χ1n) is 10.8. The van der Waals surface area contributed by atoms with E-state index in [0.29, 0.717) is 22.2 Å². The van der Waals surface area contributed by atoms with E-state index >= 15 is 0 Å². The van der Waals surface area contributed by atoms with Crippen molar-refractivity contribution in [3.8, 4) is 0 Å². The van der Waals surface area contributed by atoms with Crippen LogP contribution in [0.15, 0.2) is 36.7 Å². The minimum absolute atomic E-state index is 0.0267. The maximum atomic E-state index is 13.0. The maximum Gasteiger partial charge on any atom is 0.408 e. The summed E-state index contributed by atoms with van der Waals surface area (Å²) >= 11 is 6.07. The van der Waals surface area contributed by atoms with Crippen molar-refractivity contribution in [1.82, 2.24) is 35.0 Å². The van der Waals surface area contributed by atoms with Crippen LogP contribution in [-0.2, 0) is 11.3 Å². The van der Waals surface area contributed by atoms with E-state index in [-0.39, 0.29) is 23.5 Å². The van der Waals surface area contributed by atoms with Gasteiger partial charge < -0.3 is 5.32 Å². The Morgan fingerprint density at radius 1 is 1.14 bits per heavy atom. The van der Waals surface area contributed by atoms with E-state index in [1.807, 2.05) is 12.1 Å². The Labute approximate surface area is 200 Å². The molecule has 6 rings (SSSR count). The largest absolute Gasteiger partial charge is 0.408 e. The molecule has 1 aromatic carbocycles. The van der Waals surface area contributed by atoms with Crippen LogP contribution in [0.25, 0.3) is 16.6 Å². The molecule has 2 fully saturated rings. The molecule has 4 aromatic rings. The van der Waals surface area contributed by atoms with E-state index in [0.717, 1.165) is 22.2 Å². The van der Waals surface area contributed by atoms with E-state index < -0.39 is 30.6 Å². The van der Waals surface area contributed by atoms with Gasteiger partial charge in [-0.15, -0.1) is 0 Å². The van der Waals surface area contributed by atoms with Crippen molar-refractivity contribution < 1.29 is 22.8 Å². The number of fused-ring (bicyclic) bond motifs is 2. The molecule has 1 saturated heterocycles. The summed E-state index contributed by atoms with van der Waals surface area (Å²) in [6.45, 7) is -1.10. The molecule has 4 heterocycles. The fraction of sp³-hybridized carbons (Fsp3) is 0.318. The molecule has 13 heteroatoms. The Morgan fingerprint density at radius 2 is 1.97 bits per heavy atom. The highest BCUT2D eigenvalue weighted by Crippen LogP contribution is 2.56. The van der Waals surface area contributed by atoms with Gasteiger partial charge >= 0.3 is 12.2 Å². The van der Waals surface area contributed by atoms with Gasteiger partial charge in [-0.25, -0.2) is 14.3 Å². The van der Waals surface area contributed by atoms with E-state index in [2.05, 4.69) is 25.8 Å². The second-order valence-electron chi connectivity index (χ2n) is 8.76. The molecule has 0 spiro atoms. The van der Waals surface area contributed by atoms with Gasteiger partial charge in [0.2, 0.25) is 5.91 Å². The first-order valence-corrected chi connectivity index (χ1v) is 11.2. The number of nitrogens with zero attached hydrogens (tertiary/aromatic N) is 5. The average Bonchev–Trinajstić information content (AvgIpc) is 3.34. The highest BCUT2D eigenvalue weighted by molar-refractivity contribution is 6.34. The first-order chi connectivity index (χ1) is 16.7. The predicted octanol–water partition coefficient (Wildman–Crippen LogP) is 3.49. The van der Waals surface area contributed by atoms with Crippen molar-refractivity contribution in [2.24, 2.45) is 0 Å². The van der Waals surface area contributed by atoms with E-state index in [4.69, 9.17) is 11.6 Å². The zero-order valence-electron chi connectivity index (χ0n) is 17.9. The van der Waals surface area contributed by atoms with E-state index in [9.17, 15) is 22.8 Å². The van der Waals surface area contributed by atoms with Crippen LogP contribution in [0.5, 0.6) is 0 Å². The predicted molar refractivity (Wildman–Crippen MR) is 118 cm³/mol. The number of amides is 3. The number of aromatic nitrogens is 5. The lowest BCUT2D eigenvalue weighted by atomic mass is 9.99. The third-order valence-electron chi connectivity index (χ3n) is 6.46. The lowest BCUT2D eigenvalue weighted by molar-refractivity contribution is -0.141. The van der Waals surface area contributed by atoms with Gasteiger partial charge in [-0.2, -0.15) is 23.4 Å². The van der Waals surface area contributed by atoms with Crippen LogP contribution >= 0.6 is 11.6 Å². The minimum Gasteiger partial charge on any atom is -0.337 e. The van der Waals surface area contributed by atoms with Crippen molar-refractivity contribution in [1.29, 1.82) is 0 Å². The number of hydrogen-bond acceptors (Lipinski definition) is 5. The molecular weight excluding hydrogens is 487 g/mol. The zero-order chi connectivity index (χ0) is 24.5. The molecule has 180 valence electrons. The number of urea groups is 1. The van der Waals surface area contributed by atoms with Crippen LogP contribution in [0.2, 0.25) is 5.15 Å². The number of hydrogen-bond donors (Lipinski definition) is 2. The third-order valence-corrected chi connectivity index (χ3v) is 6.74. The van der Waals surface area contributed by atoms with Crippen LogP contribution in [0.4, 0.5) is 18.0 Å². The van der Waals surface area contributed by atoms with E-state index in [1.54, 1.807) is 29.0 Å². The molecule has 0 radical (unpaired) electrons. The molecule has 1 aliphatic carbocycles. The van der Waals surface area contributed by atoms with Crippen molar-refractivity contribution in [3.63, 3.8) is 0 Å². The lowest BCUT2D eigenvalue weighted by Gasteiger charge is -2.22.